The molecule has 0 amide bonds. The Hall–Kier alpha value is -1.11. The van der Waals surface area contributed by atoms with Gasteiger partial charge in [-0.25, -0.2) is 13.8 Å². The van der Waals surface area contributed by atoms with Gasteiger partial charge in [-0.05, 0) is 22.9 Å². The molecule has 0 atom stereocenters. The Morgan fingerprint density at radius 2 is 2.21 bits per heavy atom. The molecule has 0 aliphatic carbocycles. The fourth-order valence-corrected chi connectivity index (χ4v) is 1.39. The average molecular weight is 267 g/mol. The van der Waals surface area contributed by atoms with E-state index in [4.69, 9.17) is 0 Å². The molecular formula is C7H5BrF2N2O2. The van der Waals surface area contributed by atoms with Crippen molar-refractivity contribution in [3.8, 4) is 0 Å². The zero-order valence-corrected chi connectivity index (χ0v) is 8.59. The molecule has 0 aromatic carbocycles. The quantitative estimate of drug-likeness (QED) is 0.470. The Morgan fingerprint density at radius 3 is 2.64 bits per heavy atom. The molecule has 76 valence electrons. The van der Waals surface area contributed by atoms with Crippen LogP contribution in [0.5, 0.6) is 0 Å². The Bertz CT molecular complexity index is 384. The largest absolute Gasteiger partial charge is 0.280 e. The second-order valence-electron chi connectivity index (χ2n) is 2.53. The van der Waals surface area contributed by atoms with Crippen LogP contribution in [0.25, 0.3) is 0 Å². The van der Waals surface area contributed by atoms with Gasteiger partial charge in [-0.1, -0.05) is 0 Å². The van der Waals surface area contributed by atoms with Gasteiger partial charge in [0.05, 0.1) is 10.5 Å². The normalized spacial score (nSPS) is 10.6. The Kier molecular flexibility index (Phi) is 3.10. The van der Waals surface area contributed by atoms with Crippen LogP contribution in [-0.4, -0.2) is 9.91 Å². The third kappa shape index (κ3) is 2.03. The summed E-state index contributed by atoms with van der Waals surface area (Å²) in [5.74, 6) is 0. The third-order valence-corrected chi connectivity index (χ3v) is 2.06. The Morgan fingerprint density at radius 1 is 1.64 bits per heavy atom. The highest BCUT2D eigenvalue weighted by atomic mass is 79.9. The van der Waals surface area contributed by atoms with Crippen molar-refractivity contribution in [1.29, 1.82) is 0 Å². The molecule has 0 spiro atoms. The number of pyridine rings is 1. The van der Waals surface area contributed by atoms with Gasteiger partial charge >= 0.3 is 0 Å². The molecule has 1 rings (SSSR count). The van der Waals surface area contributed by atoms with Crippen LogP contribution < -0.4 is 0 Å². The summed E-state index contributed by atoms with van der Waals surface area (Å²) >= 11 is 2.83. The lowest BCUT2D eigenvalue weighted by molar-refractivity contribution is -0.385. The minimum absolute atomic E-state index is 0.0325. The number of hydrogen-bond acceptors (Lipinski definition) is 3. The van der Waals surface area contributed by atoms with Gasteiger partial charge in [0.2, 0.25) is 0 Å². The molecule has 1 heterocycles. The highest BCUT2D eigenvalue weighted by Gasteiger charge is 2.22. The molecule has 0 bridgehead atoms. The number of alkyl halides is 2. The first-order valence-electron chi connectivity index (χ1n) is 3.53. The fourth-order valence-electron chi connectivity index (χ4n) is 0.986. The van der Waals surface area contributed by atoms with E-state index in [9.17, 15) is 18.9 Å². The van der Waals surface area contributed by atoms with Crippen molar-refractivity contribution in [2.24, 2.45) is 0 Å². The summed E-state index contributed by atoms with van der Waals surface area (Å²) in [5, 5.41) is 10.5. The molecule has 14 heavy (non-hydrogen) atoms. The molecule has 1 aromatic heterocycles. The standard InChI is InChI=1S/C7H5BrF2N2O2/c1-3-4(12(13)14)2-5(8)11-6(3)7(9)10/h2,7H,1H3. The number of aromatic nitrogens is 1. The molecule has 0 unspecified atom stereocenters. The maximum absolute atomic E-state index is 12.3. The van der Waals surface area contributed by atoms with Crippen molar-refractivity contribution >= 4 is 21.6 Å². The summed E-state index contributed by atoms with van der Waals surface area (Å²) in [7, 11) is 0. The highest BCUT2D eigenvalue weighted by molar-refractivity contribution is 9.10. The van der Waals surface area contributed by atoms with Crippen LogP contribution in [0.3, 0.4) is 0 Å². The van der Waals surface area contributed by atoms with Crippen LogP contribution in [0, 0.1) is 17.0 Å². The molecule has 0 radical (unpaired) electrons. The first kappa shape index (κ1) is 11.0. The fraction of sp³-hybridized carbons (Fsp3) is 0.286. The summed E-state index contributed by atoms with van der Waals surface area (Å²) < 4.78 is 24.7. The molecule has 0 N–H and O–H groups in total. The Balaban J connectivity index is 3.40. The van der Waals surface area contributed by atoms with Crippen LogP contribution in [0.2, 0.25) is 0 Å². The van der Waals surface area contributed by atoms with E-state index in [0.717, 1.165) is 6.07 Å². The number of nitrogens with zero attached hydrogens (tertiary/aromatic N) is 2. The van der Waals surface area contributed by atoms with Gasteiger partial charge in [0.15, 0.2) is 0 Å². The second kappa shape index (κ2) is 3.95. The molecule has 0 saturated carbocycles. The third-order valence-electron chi connectivity index (χ3n) is 1.65. The van der Waals surface area contributed by atoms with E-state index in [1.54, 1.807) is 0 Å². The van der Waals surface area contributed by atoms with Crippen LogP contribution in [0.1, 0.15) is 17.7 Å². The maximum Gasteiger partial charge on any atom is 0.280 e. The van der Waals surface area contributed by atoms with Gasteiger partial charge in [-0.2, -0.15) is 0 Å². The van der Waals surface area contributed by atoms with E-state index >= 15 is 0 Å². The minimum atomic E-state index is -2.81. The van der Waals surface area contributed by atoms with E-state index in [0.29, 0.717) is 0 Å². The first-order chi connectivity index (χ1) is 6.43. The van der Waals surface area contributed by atoms with E-state index in [1.165, 1.54) is 6.92 Å². The Labute approximate surface area is 86.2 Å². The summed E-state index contributed by atoms with van der Waals surface area (Å²) in [6.07, 6.45) is -2.81. The maximum atomic E-state index is 12.3. The molecule has 4 nitrogen and oxygen atoms in total. The summed E-state index contributed by atoms with van der Waals surface area (Å²) in [5.41, 5.74) is -1.03. The van der Waals surface area contributed by atoms with Crippen molar-refractivity contribution < 1.29 is 13.7 Å². The summed E-state index contributed by atoms with van der Waals surface area (Å²) in [6.45, 7) is 1.25. The average Bonchev–Trinajstić information content (AvgIpc) is 2.07. The predicted octanol–water partition coefficient (Wildman–Crippen LogP) is 3.00. The number of rotatable bonds is 2. The van der Waals surface area contributed by atoms with Crippen LogP contribution in [0.4, 0.5) is 14.5 Å². The van der Waals surface area contributed by atoms with Gasteiger partial charge in [0.1, 0.15) is 10.3 Å². The number of nitro groups is 1. The van der Waals surface area contributed by atoms with Crippen LogP contribution in [0.15, 0.2) is 10.7 Å². The lowest BCUT2D eigenvalue weighted by Crippen LogP contribution is -2.00. The smallest absolute Gasteiger partial charge is 0.258 e. The molecular weight excluding hydrogens is 262 g/mol. The molecule has 0 aliphatic heterocycles. The van der Waals surface area contributed by atoms with Crippen LogP contribution >= 0.6 is 15.9 Å². The van der Waals surface area contributed by atoms with E-state index in [1.807, 2.05) is 0 Å². The molecule has 0 saturated heterocycles. The monoisotopic (exact) mass is 266 g/mol. The highest BCUT2D eigenvalue weighted by Crippen LogP contribution is 2.29. The van der Waals surface area contributed by atoms with Crippen LogP contribution in [-0.2, 0) is 0 Å². The summed E-state index contributed by atoms with van der Waals surface area (Å²) in [6, 6.07) is 1.10. The SMILES string of the molecule is Cc1c([N+](=O)[O-])cc(Br)nc1C(F)F. The van der Waals surface area contributed by atoms with E-state index in [-0.39, 0.29) is 15.9 Å². The lowest BCUT2D eigenvalue weighted by atomic mass is 10.2. The second-order valence-corrected chi connectivity index (χ2v) is 3.34. The van der Waals surface area contributed by atoms with Crippen molar-refractivity contribution in [3.63, 3.8) is 0 Å². The minimum Gasteiger partial charge on any atom is -0.258 e. The van der Waals surface area contributed by atoms with Gasteiger partial charge in [-0.15, -0.1) is 0 Å². The molecule has 0 fully saturated rings. The van der Waals surface area contributed by atoms with Crippen molar-refractivity contribution in [2.45, 2.75) is 13.3 Å². The number of halogens is 3. The van der Waals surface area contributed by atoms with E-state index in [2.05, 4.69) is 20.9 Å². The topological polar surface area (TPSA) is 56.0 Å². The molecule has 1 aromatic rings. The zero-order valence-electron chi connectivity index (χ0n) is 7.00. The zero-order chi connectivity index (χ0) is 10.9. The van der Waals surface area contributed by atoms with Gasteiger partial charge < -0.3 is 0 Å². The molecule has 7 heteroatoms. The van der Waals surface area contributed by atoms with Gasteiger partial charge in [0.25, 0.3) is 12.1 Å². The molecule has 0 aliphatic rings. The van der Waals surface area contributed by atoms with Gasteiger partial charge in [-0.3, -0.25) is 10.1 Å². The van der Waals surface area contributed by atoms with Crippen molar-refractivity contribution in [3.05, 3.63) is 32.0 Å². The van der Waals surface area contributed by atoms with E-state index < -0.39 is 17.0 Å². The van der Waals surface area contributed by atoms with Gasteiger partial charge in [0, 0.05) is 6.07 Å². The first-order valence-corrected chi connectivity index (χ1v) is 4.32. The summed E-state index contributed by atoms with van der Waals surface area (Å²) in [4.78, 5) is 13.2. The number of hydrogen-bond donors (Lipinski definition) is 0. The van der Waals surface area contributed by atoms with Crippen molar-refractivity contribution in [1.82, 2.24) is 4.98 Å². The predicted molar refractivity (Wildman–Crippen MR) is 48.3 cm³/mol. The van der Waals surface area contributed by atoms with Crippen molar-refractivity contribution in [2.75, 3.05) is 0 Å². The lowest BCUT2D eigenvalue weighted by Gasteiger charge is -2.04.